The van der Waals surface area contributed by atoms with Gasteiger partial charge in [0.1, 0.15) is 10.5 Å². The van der Waals surface area contributed by atoms with Crippen LogP contribution in [0.15, 0.2) is 36.4 Å². The molecule has 0 atom stereocenters. The Morgan fingerprint density at radius 2 is 1.76 bits per heavy atom. The van der Waals surface area contributed by atoms with Gasteiger partial charge in [0.25, 0.3) is 0 Å². The molecule has 0 amide bonds. The van der Waals surface area contributed by atoms with Crippen molar-refractivity contribution in [2.45, 2.75) is 71.8 Å². The van der Waals surface area contributed by atoms with E-state index < -0.39 is 15.6 Å². The first kappa shape index (κ1) is 27.8. The molecule has 33 heavy (non-hydrogen) atoms. The maximum Gasteiger partial charge on any atom is 0.348 e. The van der Waals surface area contributed by atoms with Crippen molar-refractivity contribution in [1.82, 2.24) is 4.31 Å². The number of unbranched alkanes of at least 4 members (excludes halogenated alkanes) is 1. The Labute approximate surface area is 208 Å². The average Bonchev–Trinajstić information content (AvgIpc) is 3.19. The third kappa shape index (κ3) is 10.2. The van der Waals surface area contributed by atoms with Crippen LogP contribution in [0.4, 0.5) is 0 Å². The predicted molar refractivity (Wildman–Crippen MR) is 138 cm³/mol. The first-order valence-corrected chi connectivity index (χ1v) is 14.3. The van der Waals surface area contributed by atoms with Crippen LogP contribution in [0.3, 0.4) is 0 Å². The van der Waals surface area contributed by atoms with Crippen LogP contribution in [0.25, 0.3) is 0 Å². The zero-order chi connectivity index (χ0) is 24.5. The first-order chi connectivity index (χ1) is 15.5. The molecule has 0 aliphatic heterocycles. The van der Waals surface area contributed by atoms with Gasteiger partial charge in [-0.3, -0.25) is 0 Å². The Kier molecular flexibility index (Phi) is 10.9. The van der Waals surface area contributed by atoms with E-state index in [0.717, 1.165) is 36.1 Å². The summed E-state index contributed by atoms with van der Waals surface area (Å²) in [6.45, 7) is 8.50. The number of carbonyl (C=O) groups is 1. The standard InChI is InChI=1S/C25H36ClNO4S2/c1-5-6-18-33(29,30)27(16-8-11-20-10-7-12-21(26)19-20)17-9-13-22-14-15-23(32-22)24(28)31-25(2,3)4/h7,10,12,14-15,19H,5-6,8-9,11,13,16-18H2,1-4H3. The number of ether oxygens (including phenoxy) is 1. The summed E-state index contributed by atoms with van der Waals surface area (Å²) in [5, 5.41) is 0.696. The van der Waals surface area contributed by atoms with Gasteiger partial charge in [-0.05, 0) is 82.7 Å². The summed E-state index contributed by atoms with van der Waals surface area (Å²) in [6.07, 6.45) is 4.46. The SMILES string of the molecule is CCCCS(=O)(=O)N(CCCc1cccc(Cl)c1)CCCc1ccc(C(=O)OC(C)(C)C)s1. The second-order valence-corrected chi connectivity index (χ2v) is 12.9. The molecule has 5 nitrogen and oxygen atoms in total. The molecule has 2 rings (SSSR count). The molecule has 0 bridgehead atoms. The molecule has 0 fully saturated rings. The Hall–Kier alpha value is -1.41. The van der Waals surface area contributed by atoms with E-state index in [1.165, 1.54) is 11.3 Å². The van der Waals surface area contributed by atoms with E-state index in [0.29, 0.717) is 35.8 Å². The number of esters is 1. The van der Waals surface area contributed by atoms with Gasteiger partial charge >= 0.3 is 5.97 Å². The summed E-state index contributed by atoms with van der Waals surface area (Å²) in [6, 6.07) is 11.4. The fourth-order valence-corrected chi connectivity index (χ4v) is 6.24. The summed E-state index contributed by atoms with van der Waals surface area (Å²) < 4.78 is 32.9. The molecule has 0 saturated heterocycles. The van der Waals surface area contributed by atoms with E-state index in [9.17, 15) is 13.2 Å². The van der Waals surface area contributed by atoms with Crippen molar-refractivity contribution < 1.29 is 17.9 Å². The lowest BCUT2D eigenvalue weighted by molar-refractivity contribution is 0.00752. The van der Waals surface area contributed by atoms with Crippen LogP contribution in [0, 0.1) is 0 Å². The number of hydrogen-bond acceptors (Lipinski definition) is 5. The zero-order valence-corrected chi connectivity index (χ0v) is 22.5. The first-order valence-electron chi connectivity index (χ1n) is 11.5. The van der Waals surface area contributed by atoms with Crippen molar-refractivity contribution >= 4 is 38.9 Å². The highest BCUT2D eigenvalue weighted by atomic mass is 35.5. The molecule has 1 heterocycles. The van der Waals surface area contributed by atoms with E-state index >= 15 is 0 Å². The molecular formula is C25H36ClNO4S2. The van der Waals surface area contributed by atoms with E-state index in [4.69, 9.17) is 16.3 Å². The molecule has 0 saturated carbocycles. The van der Waals surface area contributed by atoms with Gasteiger partial charge in [0.15, 0.2) is 0 Å². The van der Waals surface area contributed by atoms with Crippen molar-refractivity contribution in [1.29, 1.82) is 0 Å². The van der Waals surface area contributed by atoms with Gasteiger partial charge in [-0.1, -0.05) is 37.1 Å². The Morgan fingerprint density at radius 1 is 1.06 bits per heavy atom. The topological polar surface area (TPSA) is 63.7 Å². The summed E-state index contributed by atoms with van der Waals surface area (Å²) >= 11 is 7.48. The van der Waals surface area contributed by atoms with Crippen molar-refractivity contribution in [2.24, 2.45) is 0 Å². The molecule has 0 unspecified atom stereocenters. The number of carbonyl (C=O) groups excluding carboxylic acids is 1. The summed E-state index contributed by atoms with van der Waals surface area (Å²) in [5.41, 5.74) is 0.585. The molecule has 1 aromatic heterocycles. The summed E-state index contributed by atoms with van der Waals surface area (Å²) in [5.74, 6) is -0.133. The molecule has 0 radical (unpaired) electrons. The number of halogens is 1. The van der Waals surface area contributed by atoms with Crippen LogP contribution in [-0.4, -0.2) is 43.1 Å². The lowest BCUT2D eigenvalue weighted by Crippen LogP contribution is -2.35. The molecule has 184 valence electrons. The highest BCUT2D eigenvalue weighted by Gasteiger charge is 2.22. The number of rotatable bonds is 13. The average molecular weight is 514 g/mol. The Bertz CT molecular complexity index is 996. The largest absolute Gasteiger partial charge is 0.456 e. The molecule has 0 aliphatic carbocycles. The summed E-state index contributed by atoms with van der Waals surface area (Å²) in [7, 11) is -3.29. The van der Waals surface area contributed by atoms with E-state index in [1.54, 1.807) is 10.4 Å². The van der Waals surface area contributed by atoms with E-state index in [-0.39, 0.29) is 11.7 Å². The minimum Gasteiger partial charge on any atom is -0.456 e. The fraction of sp³-hybridized carbons (Fsp3) is 0.560. The van der Waals surface area contributed by atoms with Crippen LogP contribution in [0.5, 0.6) is 0 Å². The van der Waals surface area contributed by atoms with E-state index in [2.05, 4.69) is 0 Å². The number of sulfonamides is 1. The fourth-order valence-electron chi connectivity index (χ4n) is 3.38. The zero-order valence-electron chi connectivity index (χ0n) is 20.1. The van der Waals surface area contributed by atoms with Crippen LogP contribution < -0.4 is 0 Å². The monoisotopic (exact) mass is 513 g/mol. The quantitative estimate of drug-likeness (QED) is 0.292. The number of thiophene rings is 1. The predicted octanol–water partition coefficient (Wildman–Crippen LogP) is 6.35. The molecule has 2 aromatic rings. The molecule has 8 heteroatoms. The molecular weight excluding hydrogens is 478 g/mol. The third-order valence-electron chi connectivity index (χ3n) is 5.00. The molecule has 1 aromatic carbocycles. The van der Waals surface area contributed by atoms with Crippen LogP contribution in [-0.2, 0) is 27.6 Å². The van der Waals surface area contributed by atoms with Gasteiger partial charge in [0, 0.05) is 23.0 Å². The smallest absolute Gasteiger partial charge is 0.348 e. The second-order valence-electron chi connectivity index (χ2n) is 9.17. The maximum atomic E-state index is 12.9. The van der Waals surface area contributed by atoms with Crippen molar-refractivity contribution in [2.75, 3.05) is 18.8 Å². The van der Waals surface area contributed by atoms with Gasteiger partial charge in [-0.25, -0.2) is 17.5 Å². The van der Waals surface area contributed by atoms with Crippen LogP contribution in [0.1, 0.15) is 73.5 Å². The van der Waals surface area contributed by atoms with Gasteiger partial charge in [0.05, 0.1) is 5.75 Å². The lowest BCUT2D eigenvalue weighted by Gasteiger charge is -2.22. The van der Waals surface area contributed by atoms with Gasteiger partial charge < -0.3 is 4.74 Å². The molecule has 0 aliphatic rings. The Balaban J connectivity index is 1.94. The van der Waals surface area contributed by atoms with Crippen molar-refractivity contribution in [3.05, 3.63) is 56.7 Å². The van der Waals surface area contributed by atoms with Crippen molar-refractivity contribution in [3.8, 4) is 0 Å². The number of aryl methyl sites for hydroxylation is 2. The maximum absolute atomic E-state index is 12.9. The molecule has 0 N–H and O–H groups in total. The minimum atomic E-state index is -3.29. The van der Waals surface area contributed by atoms with Gasteiger partial charge in [-0.2, -0.15) is 0 Å². The van der Waals surface area contributed by atoms with Crippen molar-refractivity contribution in [3.63, 3.8) is 0 Å². The third-order valence-corrected chi connectivity index (χ3v) is 8.32. The van der Waals surface area contributed by atoms with Crippen LogP contribution >= 0.6 is 22.9 Å². The highest BCUT2D eigenvalue weighted by Crippen LogP contribution is 2.22. The highest BCUT2D eigenvalue weighted by molar-refractivity contribution is 7.89. The number of benzene rings is 1. The van der Waals surface area contributed by atoms with Crippen LogP contribution in [0.2, 0.25) is 5.02 Å². The van der Waals surface area contributed by atoms with E-state index in [1.807, 2.05) is 58.0 Å². The van der Waals surface area contributed by atoms with Gasteiger partial charge in [0.2, 0.25) is 10.0 Å². The minimum absolute atomic E-state index is 0.183. The summed E-state index contributed by atoms with van der Waals surface area (Å²) in [4.78, 5) is 13.9. The number of nitrogens with zero attached hydrogens (tertiary/aromatic N) is 1. The number of hydrogen-bond donors (Lipinski definition) is 0. The second kappa shape index (κ2) is 12.9. The lowest BCUT2D eigenvalue weighted by atomic mass is 10.1. The van der Waals surface area contributed by atoms with Gasteiger partial charge in [-0.15, -0.1) is 11.3 Å². The Morgan fingerprint density at radius 3 is 2.39 bits per heavy atom. The molecule has 0 spiro atoms. The normalized spacial score (nSPS) is 12.3.